The molecule has 0 radical (unpaired) electrons. The van der Waals surface area contributed by atoms with Crippen LogP contribution in [0.4, 0.5) is 5.69 Å². The van der Waals surface area contributed by atoms with Gasteiger partial charge in [0.15, 0.2) is 0 Å². The number of rotatable bonds is 4. The number of fused-ring (bicyclic) bond motifs is 1. The van der Waals surface area contributed by atoms with Crippen LogP contribution in [0.1, 0.15) is 6.42 Å². The van der Waals surface area contributed by atoms with Gasteiger partial charge in [0, 0.05) is 0 Å². The fourth-order valence-corrected chi connectivity index (χ4v) is 5.52. The Labute approximate surface area is 118 Å². The summed E-state index contributed by atoms with van der Waals surface area (Å²) in [7, 11) is 0. The van der Waals surface area contributed by atoms with Crippen LogP contribution in [0.25, 0.3) is 0 Å². The third-order valence-electron chi connectivity index (χ3n) is 3.73. The first-order valence-corrected chi connectivity index (χ1v) is 9.64. The number of hydrogen-bond acceptors (Lipinski definition) is 4. The molecule has 104 valence electrons. The maximum absolute atomic E-state index is 12.1. The van der Waals surface area contributed by atoms with Crippen molar-refractivity contribution in [3.63, 3.8) is 0 Å². The van der Waals surface area contributed by atoms with E-state index in [9.17, 15) is 3.83 Å². The van der Waals surface area contributed by atoms with Crippen LogP contribution in [0.3, 0.4) is 0 Å². The summed E-state index contributed by atoms with van der Waals surface area (Å²) in [6.07, 6.45) is 1.13. The predicted molar refractivity (Wildman–Crippen MR) is 76.6 cm³/mol. The van der Waals surface area contributed by atoms with Crippen LogP contribution in [0.15, 0.2) is 24.3 Å². The Morgan fingerprint density at radius 2 is 1.95 bits per heavy atom. The van der Waals surface area contributed by atoms with Crippen molar-refractivity contribution in [1.29, 1.82) is 0 Å². The molecule has 2 aliphatic rings. The van der Waals surface area contributed by atoms with E-state index in [4.69, 9.17) is 4.74 Å². The van der Waals surface area contributed by atoms with E-state index >= 15 is 0 Å². The third-order valence-corrected chi connectivity index (χ3v) is 6.63. The van der Waals surface area contributed by atoms with Crippen molar-refractivity contribution in [3.8, 4) is 0 Å². The zero-order valence-electron chi connectivity index (χ0n) is 11.1. The quantitative estimate of drug-likeness (QED) is 0.750. The Morgan fingerprint density at radius 3 is 2.79 bits per heavy atom. The number of anilines is 1. The molecule has 0 aliphatic carbocycles. The maximum atomic E-state index is 12.1. The molecule has 0 N–H and O–H groups in total. The standard InChI is InChI=1S/C14H20N2O2Se/c17-19-12-16(13-4-1-2-5-14(13)19)7-3-6-15-8-10-18-11-9-15/h1-2,4-5H,3,6-12H2. The molecule has 0 saturated carbocycles. The molecule has 2 aliphatic heterocycles. The van der Waals surface area contributed by atoms with Crippen molar-refractivity contribution in [2.45, 2.75) is 6.42 Å². The van der Waals surface area contributed by atoms with Crippen LogP contribution in [0.5, 0.6) is 0 Å². The van der Waals surface area contributed by atoms with Crippen LogP contribution in [0.2, 0.25) is 0 Å². The van der Waals surface area contributed by atoms with E-state index < -0.39 is 13.8 Å². The average Bonchev–Trinajstić information content (AvgIpc) is 2.78. The Morgan fingerprint density at radius 1 is 1.16 bits per heavy atom. The number of nitrogens with zero attached hydrogens (tertiary/aromatic N) is 2. The zero-order chi connectivity index (χ0) is 13.1. The van der Waals surface area contributed by atoms with Crippen molar-refractivity contribution in [2.24, 2.45) is 0 Å². The van der Waals surface area contributed by atoms with Crippen LogP contribution >= 0.6 is 0 Å². The normalized spacial score (nSPS) is 23.6. The summed E-state index contributed by atoms with van der Waals surface area (Å²) in [6, 6.07) is 8.16. The molecule has 0 spiro atoms. The summed E-state index contributed by atoms with van der Waals surface area (Å²) in [6.45, 7) is 5.95. The minimum atomic E-state index is -1.80. The van der Waals surface area contributed by atoms with Crippen LogP contribution in [-0.2, 0) is 8.57 Å². The molecule has 19 heavy (non-hydrogen) atoms. The Kier molecular flexibility index (Phi) is 4.28. The molecular weight excluding hydrogens is 307 g/mol. The van der Waals surface area contributed by atoms with Gasteiger partial charge in [-0.1, -0.05) is 0 Å². The molecule has 2 heterocycles. The van der Waals surface area contributed by atoms with Gasteiger partial charge in [-0.3, -0.25) is 0 Å². The average molecular weight is 327 g/mol. The van der Waals surface area contributed by atoms with E-state index in [1.165, 1.54) is 5.69 Å². The van der Waals surface area contributed by atoms with Crippen molar-refractivity contribution in [2.75, 3.05) is 49.7 Å². The molecule has 0 amide bonds. The number of hydrogen-bond donors (Lipinski definition) is 0. The fourth-order valence-electron chi connectivity index (χ4n) is 2.69. The monoisotopic (exact) mass is 328 g/mol. The molecule has 1 fully saturated rings. The second-order valence-corrected chi connectivity index (χ2v) is 7.93. The summed E-state index contributed by atoms with van der Waals surface area (Å²) < 4.78 is 18.5. The van der Waals surface area contributed by atoms with Gasteiger partial charge in [-0.25, -0.2) is 0 Å². The second kappa shape index (κ2) is 6.14. The molecule has 4 nitrogen and oxygen atoms in total. The topological polar surface area (TPSA) is 32.8 Å². The zero-order valence-corrected chi connectivity index (χ0v) is 12.8. The first-order chi connectivity index (χ1) is 9.34. The molecule has 1 aromatic rings. The van der Waals surface area contributed by atoms with Gasteiger partial charge in [0.25, 0.3) is 0 Å². The molecule has 5 heteroatoms. The molecule has 3 rings (SSSR count). The van der Waals surface area contributed by atoms with Gasteiger partial charge in [0.05, 0.1) is 0 Å². The van der Waals surface area contributed by atoms with Crippen molar-refractivity contribution >= 4 is 24.0 Å². The van der Waals surface area contributed by atoms with Crippen LogP contribution in [-0.4, -0.2) is 63.6 Å². The summed E-state index contributed by atoms with van der Waals surface area (Å²) in [5.74, 6) is 0. The van der Waals surface area contributed by atoms with Crippen molar-refractivity contribution in [3.05, 3.63) is 24.3 Å². The van der Waals surface area contributed by atoms with Crippen molar-refractivity contribution in [1.82, 2.24) is 4.90 Å². The van der Waals surface area contributed by atoms with Gasteiger partial charge >= 0.3 is 118 Å². The third kappa shape index (κ3) is 3.06. The van der Waals surface area contributed by atoms with E-state index in [0.717, 1.165) is 55.7 Å². The van der Waals surface area contributed by atoms with Gasteiger partial charge in [-0.2, -0.15) is 0 Å². The van der Waals surface area contributed by atoms with Crippen molar-refractivity contribution < 1.29 is 8.57 Å². The number of benzene rings is 1. The summed E-state index contributed by atoms with van der Waals surface area (Å²) in [5.41, 5.74) is 1.95. The summed E-state index contributed by atoms with van der Waals surface area (Å²) in [5, 5.41) is 0. The molecule has 1 saturated heterocycles. The molecule has 0 aromatic heterocycles. The molecule has 1 aromatic carbocycles. The summed E-state index contributed by atoms with van der Waals surface area (Å²) >= 11 is -1.80. The predicted octanol–water partition coefficient (Wildman–Crippen LogP) is 0.397. The second-order valence-electron chi connectivity index (χ2n) is 5.01. The van der Waals surface area contributed by atoms with Gasteiger partial charge in [-0.05, 0) is 0 Å². The van der Waals surface area contributed by atoms with Gasteiger partial charge < -0.3 is 0 Å². The number of para-hydroxylation sites is 1. The van der Waals surface area contributed by atoms with Gasteiger partial charge in [0.2, 0.25) is 0 Å². The molecule has 1 unspecified atom stereocenters. The number of morpholine rings is 1. The Balaban J connectivity index is 1.52. The van der Waals surface area contributed by atoms with E-state index in [1.54, 1.807) is 0 Å². The van der Waals surface area contributed by atoms with E-state index in [1.807, 2.05) is 18.2 Å². The van der Waals surface area contributed by atoms with Gasteiger partial charge in [0.1, 0.15) is 0 Å². The Hall–Kier alpha value is -0.741. The van der Waals surface area contributed by atoms with E-state index in [0.29, 0.717) is 0 Å². The van der Waals surface area contributed by atoms with E-state index in [2.05, 4.69) is 15.9 Å². The van der Waals surface area contributed by atoms with Gasteiger partial charge in [-0.15, -0.1) is 0 Å². The fraction of sp³-hybridized carbons (Fsp3) is 0.571. The van der Waals surface area contributed by atoms with Crippen LogP contribution in [0, 0.1) is 0 Å². The minimum absolute atomic E-state index is 0.752. The Bertz CT molecular complexity index is 461. The molecular formula is C14H20N2O2Se. The summed E-state index contributed by atoms with van der Waals surface area (Å²) in [4.78, 5) is 4.75. The first-order valence-electron chi connectivity index (χ1n) is 6.87. The molecule has 1 atom stereocenters. The number of ether oxygens (including phenoxy) is 1. The molecule has 0 bridgehead atoms. The van der Waals surface area contributed by atoms with Crippen LogP contribution < -0.4 is 9.36 Å². The SMILES string of the molecule is O=[Se]1CN(CCCN2CCOCC2)c2ccccc21. The first kappa shape index (κ1) is 13.3. The van der Waals surface area contributed by atoms with E-state index in [-0.39, 0.29) is 0 Å².